The molecule has 0 fully saturated rings. The van der Waals surface area contributed by atoms with Gasteiger partial charge in [0.15, 0.2) is 12.5 Å². The van der Waals surface area contributed by atoms with Crippen molar-refractivity contribution >= 4 is 29.0 Å². The lowest BCUT2D eigenvalue weighted by Crippen LogP contribution is -2.05. The van der Waals surface area contributed by atoms with Crippen molar-refractivity contribution in [1.82, 2.24) is 9.78 Å². The number of ether oxygens (including phenoxy) is 1. The molecule has 0 aliphatic carbocycles. The Morgan fingerprint density at radius 2 is 2.19 bits per heavy atom. The van der Waals surface area contributed by atoms with Gasteiger partial charge in [0, 0.05) is 11.2 Å². The van der Waals surface area contributed by atoms with E-state index in [4.69, 9.17) is 33.7 Å². The van der Waals surface area contributed by atoms with Gasteiger partial charge in [0.1, 0.15) is 10.8 Å². The summed E-state index contributed by atoms with van der Waals surface area (Å²) < 4.78 is 6.96. The van der Waals surface area contributed by atoms with Crippen molar-refractivity contribution < 1.29 is 4.74 Å². The van der Waals surface area contributed by atoms with E-state index < -0.39 is 0 Å². The molecule has 1 aromatic carbocycles. The Morgan fingerprint density at radius 3 is 2.81 bits per heavy atom. The van der Waals surface area contributed by atoms with Crippen LogP contribution in [0.1, 0.15) is 0 Å². The lowest BCUT2D eigenvalue weighted by atomic mass is 10.3. The van der Waals surface area contributed by atoms with Gasteiger partial charge in [0.05, 0.1) is 0 Å². The molecule has 84 valence electrons. The number of aromatic nitrogens is 2. The molecule has 1 heterocycles. The van der Waals surface area contributed by atoms with Crippen LogP contribution in [0.5, 0.6) is 5.75 Å². The van der Waals surface area contributed by atoms with Gasteiger partial charge in [-0.05, 0) is 18.2 Å². The first-order valence-electron chi connectivity index (χ1n) is 4.52. The van der Waals surface area contributed by atoms with Crippen molar-refractivity contribution in [2.24, 2.45) is 0 Å². The number of nitrogens with two attached hydrogens (primary N) is 1. The molecule has 4 nitrogen and oxygen atoms in total. The molecule has 2 rings (SSSR count). The highest BCUT2D eigenvalue weighted by atomic mass is 35.5. The summed E-state index contributed by atoms with van der Waals surface area (Å²) >= 11 is 11.6. The number of nitrogens with zero attached hydrogens (tertiary/aromatic N) is 2. The zero-order valence-corrected chi connectivity index (χ0v) is 9.74. The standard InChI is InChI=1S/C10H9Cl2N3O/c11-7-2-1-3-8(4-7)16-6-15-5-9(12)10(13)14-15/h1-5H,6H2,(H2,13,14). The van der Waals surface area contributed by atoms with Crippen LogP contribution in [0.25, 0.3) is 0 Å². The van der Waals surface area contributed by atoms with Gasteiger partial charge < -0.3 is 10.5 Å². The third kappa shape index (κ3) is 2.59. The Kier molecular flexibility index (Phi) is 3.22. The maximum Gasteiger partial charge on any atom is 0.181 e. The third-order valence-corrected chi connectivity index (χ3v) is 2.43. The van der Waals surface area contributed by atoms with Crippen molar-refractivity contribution in [3.8, 4) is 5.75 Å². The molecule has 16 heavy (non-hydrogen) atoms. The van der Waals surface area contributed by atoms with E-state index in [1.807, 2.05) is 6.07 Å². The van der Waals surface area contributed by atoms with Crippen molar-refractivity contribution in [1.29, 1.82) is 0 Å². The molecule has 0 saturated heterocycles. The van der Waals surface area contributed by atoms with Gasteiger partial charge in [-0.25, -0.2) is 4.68 Å². The van der Waals surface area contributed by atoms with Crippen LogP contribution in [0.3, 0.4) is 0 Å². The summed E-state index contributed by atoms with van der Waals surface area (Å²) in [4.78, 5) is 0. The van der Waals surface area contributed by atoms with E-state index in [0.717, 1.165) is 0 Å². The van der Waals surface area contributed by atoms with Crippen LogP contribution >= 0.6 is 23.2 Å². The van der Waals surface area contributed by atoms with Crippen LogP contribution in [-0.2, 0) is 6.73 Å². The monoisotopic (exact) mass is 257 g/mol. The number of rotatable bonds is 3. The maximum atomic E-state index is 5.81. The number of anilines is 1. The highest BCUT2D eigenvalue weighted by Gasteiger charge is 2.02. The summed E-state index contributed by atoms with van der Waals surface area (Å²) in [5, 5.41) is 4.98. The molecule has 0 radical (unpaired) electrons. The molecule has 0 aliphatic rings. The molecule has 6 heteroatoms. The van der Waals surface area contributed by atoms with Gasteiger partial charge in [-0.3, -0.25) is 0 Å². The predicted molar refractivity (Wildman–Crippen MR) is 63.7 cm³/mol. The van der Waals surface area contributed by atoms with E-state index in [1.54, 1.807) is 24.4 Å². The molecular formula is C10H9Cl2N3O. The first-order valence-corrected chi connectivity index (χ1v) is 5.27. The van der Waals surface area contributed by atoms with Gasteiger partial charge in [0.25, 0.3) is 0 Å². The largest absolute Gasteiger partial charge is 0.471 e. The quantitative estimate of drug-likeness (QED) is 0.920. The fourth-order valence-corrected chi connectivity index (χ4v) is 1.51. The van der Waals surface area contributed by atoms with Crippen molar-refractivity contribution in [3.05, 3.63) is 40.5 Å². The van der Waals surface area contributed by atoms with Gasteiger partial charge >= 0.3 is 0 Å². The van der Waals surface area contributed by atoms with E-state index in [0.29, 0.717) is 15.8 Å². The summed E-state index contributed by atoms with van der Waals surface area (Å²) in [6.07, 6.45) is 1.60. The topological polar surface area (TPSA) is 53.1 Å². The third-order valence-electron chi connectivity index (χ3n) is 1.90. The van der Waals surface area contributed by atoms with Gasteiger partial charge in [-0.15, -0.1) is 0 Å². The van der Waals surface area contributed by atoms with Crippen LogP contribution in [0.2, 0.25) is 10.0 Å². The normalized spacial score (nSPS) is 10.4. The minimum Gasteiger partial charge on any atom is -0.471 e. The summed E-state index contributed by atoms with van der Waals surface area (Å²) in [6, 6.07) is 7.11. The van der Waals surface area contributed by atoms with Gasteiger partial charge in [-0.1, -0.05) is 29.3 Å². The number of hydrogen-bond donors (Lipinski definition) is 1. The molecule has 2 N–H and O–H groups in total. The fourth-order valence-electron chi connectivity index (χ4n) is 1.18. The fraction of sp³-hybridized carbons (Fsp3) is 0.100. The number of benzene rings is 1. The van der Waals surface area contributed by atoms with Crippen LogP contribution in [0.15, 0.2) is 30.5 Å². The Bertz CT molecular complexity index is 479. The van der Waals surface area contributed by atoms with E-state index in [2.05, 4.69) is 5.10 Å². The van der Waals surface area contributed by atoms with E-state index >= 15 is 0 Å². The number of halogens is 2. The molecule has 1 aromatic heterocycles. The summed E-state index contributed by atoms with van der Waals surface area (Å²) in [5.41, 5.74) is 5.49. The minimum absolute atomic E-state index is 0.233. The lowest BCUT2D eigenvalue weighted by molar-refractivity contribution is 0.221. The summed E-state index contributed by atoms with van der Waals surface area (Å²) in [7, 11) is 0. The molecule has 0 aliphatic heterocycles. The average molecular weight is 258 g/mol. The number of hydrogen-bond acceptors (Lipinski definition) is 3. The molecule has 2 aromatic rings. The first-order chi connectivity index (χ1) is 7.65. The zero-order chi connectivity index (χ0) is 11.5. The zero-order valence-electron chi connectivity index (χ0n) is 8.23. The highest BCUT2D eigenvalue weighted by Crippen LogP contribution is 2.19. The Morgan fingerprint density at radius 1 is 1.38 bits per heavy atom. The average Bonchev–Trinajstić information content (AvgIpc) is 2.56. The number of nitrogen functional groups attached to an aromatic ring is 1. The summed E-state index contributed by atoms with van der Waals surface area (Å²) in [6.45, 7) is 0.233. The van der Waals surface area contributed by atoms with Crippen molar-refractivity contribution in [2.75, 3.05) is 5.73 Å². The van der Waals surface area contributed by atoms with Gasteiger partial charge in [0.2, 0.25) is 0 Å². The second kappa shape index (κ2) is 4.63. The van der Waals surface area contributed by atoms with Crippen LogP contribution in [-0.4, -0.2) is 9.78 Å². The molecule has 0 atom stereocenters. The maximum absolute atomic E-state index is 5.81. The van der Waals surface area contributed by atoms with E-state index in [-0.39, 0.29) is 12.5 Å². The molecule has 0 bridgehead atoms. The Labute approximate surface area is 103 Å². The predicted octanol–water partition coefficient (Wildman–Crippen LogP) is 2.81. The molecule has 0 spiro atoms. The Balaban J connectivity index is 2.02. The second-order valence-electron chi connectivity index (χ2n) is 3.13. The molecule has 0 unspecified atom stereocenters. The smallest absolute Gasteiger partial charge is 0.181 e. The van der Waals surface area contributed by atoms with E-state index in [1.165, 1.54) is 4.68 Å². The van der Waals surface area contributed by atoms with E-state index in [9.17, 15) is 0 Å². The van der Waals surface area contributed by atoms with Crippen molar-refractivity contribution in [2.45, 2.75) is 6.73 Å². The minimum atomic E-state index is 0.233. The van der Waals surface area contributed by atoms with Crippen LogP contribution in [0.4, 0.5) is 5.82 Å². The molecule has 0 saturated carbocycles. The summed E-state index contributed by atoms with van der Waals surface area (Å²) in [5.74, 6) is 0.953. The highest BCUT2D eigenvalue weighted by molar-refractivity contribution is 6.32. The lowest BCUT2D eigenvalue weighted by Gasteiger charge is -2.05. The first kappa shape index (κ1) is 11.1. The SMILES string of the molecule is Nc1nn(COc2cccc(Cl)c2)cc1Cl. The van der Waals surface area contributed by atoms with Crippen LogP contribution in [0, 0.1) is 0 Å². The van der Waals surface area contributed by atoms with Gasteiger partial charge in [-0.2, -0.15) is 5.10 Å². The Hall–Kier alpha value is -1.39. The molecular weight excluding hydrogens is 249 g/mol. The second-order valence-corrected chi connectivity index (χ2v) is 3.98. The van der Waals surface area contributed by atoms with Crippen molar-refractivity contribution in [3.63, 3.8) is 0 Å². The van der Waals surface area contributed by atoms with Crippen LogP contribution < -0.4 is 10.5 Å². The molecule has 0 amide bonds.